The summed E-state index contributed by atoms with van der Waals surface area (Å²) in [6.45, 7) is 7.36. The lowest BCUT2D eigenvalue weighted by atomic mass is 9.95. The Morgan fingerprint density at radius 3 is 1.95 bits per heavy atom. The Hall–Kier alpha value is -5.84. The molecule has 2 atom stereocenters. The molecular weight excluding hydrogens is 749 g/mol. The number of anilines is 2. The second-order valence-corrected chi connectivity index (χ2v) is 15.7. The number of nitrogens with one attached hydrogen (secondary N) is 1. The Morgan fingerprint density at radius 1 is 0.729 bits per heavy atom. The lowest BCUT2D eigenvalue weighted by Gasteiger charge is -2.29. The number of methoxy groups -OCH3 is 3. The van der Waals surface area contributed by atoms with Crippen LogP contribution in [0.2, 0.25) is 0 Å². The van der Waals surface area contributed by atoms with Crippen LogP contribution in [-0.4, -0.2) is 63.3 Å². The summed E-state index contributed by atoms with van der Waals surface area (Å²) < 4.78 is 27.7. The van der Waals surface area contributed by atoms with Gasteiger partial charge < -0.3 is 29.0 Å². The minimum Gasteiger partial charge on any atom is -0.497 e. The predicted molar refractivity (Wildman–Crippen MR) is 229 cm³/mol. The average molecular weight is 807 g/mol. The van der Waals surface area contributed by atoms with Gasteiger partial charge >= 0.3 is 12.1 Å². The summed E-state index contributed by atoms with van der Waals surface area (Å²) in [6.07, 6.45) is 3.14. The zero-order chi connectivity index (χ0) is 42.5. The highest BCUT2D eigenvalue weighted by Gasteiger charge is 2.32. The molecule has 1 N–H and O–H groups in total. The number of fused-ring (bicyclic) bond motifs is 3. The minimum atomic E-state index is -1.05. The highest BCUT2D eigenvalue weighted by Crippen LogP contribution is 2.44. The fourth-order valence-corrected chi connectivity index (χ4v) is 7.49. The van der Waals surface area contributed by atoms with Crippen molar-refractivity contribution >= 4 is 35.1 Å². The molecule has 0 aromatic heterocycles. The molecule has 314 valence electrons. The molecule has 11 heteroatoms. The van der Waals surface area contributed by atoms with Crippen LogP contribution in [0.3, 0.4) is 0 Å². The highest BCUT2D eigenvalue weighted by atomic mass is 16.6. The van der Waals surface area contributed by atoms with Crippen LogP contribution < -0.4 is 24.4 Å². The Balaban J connectivity index is 1.14. The Bertz CT molecular complexity index is 2010. The van der Waals surface area contributed by atoms with Gasteiger partial charge in [0.15, 0.2) is 0 Å². The van der Waals surface area contributed by atoms with E-state index in [-0.39, 0.29) is 43.0 Å². The van der Waals surface area contributed by atoms with Crippen molar-refractivity contribution in [1.29, 1.82) is 0 Å². The lowest BCUT2D eigenvalue weighted by molar-refractivity contribution is -0.157. The number of carbonyl (C=O) groups excluding carboxylic acids is 4. The number of ketones is 1. The van der Waals surface area contributed by atoms with Gasteiger partial charge in [0.1, 0.15) is 41.3 Å². The van der Waals surface area contributed by atoms with Crippen LogP contribution >= 0.6 is 0 Å². The summed E-state index contributed by atoms with van der Waals surface area (Å²) in [4.78, 5) is 55.4. The fraction of sp³-hybridized carbons (Fsp3) is 0.417. The number of Topliss-reactive ketones (excluding diaryl/α,β-unsaturated/α-hetero) is 1. The van der Waals surface area contributed by atoms with Crippen LogP contribution in [0.4, 0.5) is 16.2 Å². The summed E-state index contributed by atoms with van der Waals surface area (Å²) in [5.41, 5.74) is 4.89. The topological polar surface area (TPSA) is 130 Å². The van der Waals surface area contributed by atoms with Crippen molar-refractivity contribution in [2.24, 2.45) is 5.92 Å². The van der Waals surface area contributed by atoms with Crippen molar-refractivity contribution < 1.29 is 42.9 Å². The molecule has 59 heavy (non-hydrogen) atoms. The molecule has 2 unspecified atom stereocenters. The third-order valence-corrected chi connectivity index (χ3v) is 10.6. The molecule has 1 aliphatic carbocycles. The van der Waals surface area contributed by atoms with Gasteiger partial charge in [-0.2, -0.15) is 0 Å². The van der Waals surface area contributed by atoms with E-state index in [4.69, 9.17) is 23.7 Å². The first kappa shape index (κ1) is 44.3. The SMILES string of the molecule is CCC(CCCCCC(=O)CCC(NC(=O)OCC1c2ccccc2-c2ccccc21)C(=O)OC(C)(C)C)C(=O)N(c1ccc(OC)cc1)c1ccc(OC)cc1OC. The van der Waals surface area contributed by atoms with Crippen molar-refractivity contribution in [3.05, 3.63) is 102 Å². The van der Waals surface area contributed by atoms with E-state index in [1.807, 2.05) is 73.7 Å². The van der Waals surface area contributed by atoms with E-state index in [0.717, 1.165) is 35.1 Å². The first-order chi connectivity index (χ1) is 28.4. The van der Waals surface area contributed by atoms with Crippen molar-refractivity contribution in [1.82, 2.24) is 5.32 Å². The molecule has 1 aliphatic rings. The number of unbranched alkanes of at least 4 members (excludes halogenated alkanes) is 2. The predicted octanol–water partition coefficient (Wildman–Crippen LogP) is 9.95. The number of alkyl carbamates (subject to hydrolysis) is 1. The maximum Gasteiger partial charge on any atom is 0.407 e. The third-order valence-electron chi connectivity index (χ3n) is 10.6. The van der Waals surface area contributed by atoms with Crippen LogP contribution in [0.1, 0.15) is 96.1 Å². The van der Waals surface area contributed by atoms with Gasteiger partial charge in [-0.25, -0.2) is 9.59 Å². The van der Waals surface area contributed by atoms with Crippen molar-refractivity contribution in [3.63, 3.8) is 0 Å². The summed E-state index contributed by atoms with van der Waals surface area (Å²) >= 11 is 0. The number of nitrogens with zero attached hydrogens (tertiary/aromatic N) is 1. The van der Waals surface area contributed by atoms with E-state index < -0.39 is 23.7 Å². The summed E-state index contributed by atoms with van der Waals surface area (Å²) in [7, 11) is 4.74. The Morgan fingerprint density at radius 2 is 1.36 bits per heavy atom. The molecule has 0 spiro atoms. The Kier molecular flexibility index (Phi) is 15.6. The van der Waals surface area contributed by atoms with Gasteiger partial charge in [-0.15, -0.1) is 0 Å². The van der Waals surface area contributed by atoms with Crippen molar-refractivity contribution in [2.75, 3.05) is 32.8 Å². The molecule has 0 saturated carbocycles. The number of benzene rings is 4. The van der Waals surface area contributed by atoms with E-state index in [1.165, 1.54) is 0 Å². The largest absolute Gasteiger partial charge is 0.497 e. The number of esters is 1. The number of ether oxygens (including phenoxy) is 5. The Labute approximate surface area is 348 Å². The summed E-state index contributed by atoms with van der Waals surface area (Å²) in [6, 6.07) is 27.8. The molecular formula is C48H58N2O9. The van der Waals surface area contributed by atoms with Gasteiger partial charge in [-0.05, 0) is 105 Å². The molecule has 0 saturated heterocycles. The van der Waals surface area contributed by atoms with Crippen molar-refractivity contribution in [2.45, 2.75) is 96.6 Å². The van der Waals surface area contributed by atoms with E-state index in [9.17, 15) is 19.2 Å². The maximum atomic E-state index is 14.3. The smallest absolute Gasteiger partial charge is 0.407 e. The number of amides is 2. The number of hydrogen-bond donors (Lipinski definition) is 1. The molecule has 11 nitrogen and oxygen atoms in total. The lowest BCUT2D eigenvalue weighted by Crippen LogP contribution is -2.44. The maximum absolute atomic E-state index is 14.3. The van der Waals surface area contributed by atoms with E-state index >= 15 is 0 Å². The quantitative estimate of drug-likeness (QED) is 0.0685. The first-order valence-corrected chi connectivity index (χ1v) is 20.4. The second kappa shape index (κ2) is 20.7. The van der Waals surface area contributed by atoms with E-state index in [0.29, 0.717) is 54.3 Å². The van der Waals surface area contributed by atoms with Crippen LogP contribution in [0.25, 0.3) is 11.1 Å². The van der Waals surface area contributed by atoms with Crippen molar-refractivity contribution in [3.8, 4) is 28.4 Å². The van der Waals surface area contributed by atoms with Crippen LogP contribution in [0.5, 0.6) is 17.2 Å². The van der Waals surface area contributed by atoms with Gasteiger partial charge in [0.2, 0.25) is 5.91 Å². The second-order valence-electron chi connectivity index (χ2n) is 15.7. The van der Waals surface area contributed by atoms with Crippen LogP contribution in [0.15, 0.2) is 91.0 Å². The zero-order valence-electron chi connectivity index (χ0n) is 35.4. The molecule has 4 aromatic carbocycles. The highest BCUT2D eigenvalue weighted by molar-refractivity contribution is 6.03. The molecule has 4 aromatic rings. The standard InChI is InChI=1S/C48H58N2O9/c1-8-32(45(52)50(33-22-25-35(55-5)26-23-33)43-29-27-36(56-6)30-44(43)57-7)16-10-9-11-17-34(51)24-28-42(46(53)59-48(2,3)4)49-47(54)58-31-41-39-20-14-12-18-37(39)38-19-13-15-21-40(38)41/h12-15,18-23,25-27,29-30,32,41-42H,8-11,16-17,24,28,31H2,1-7H3,(H,49,54). The zero-order valence-corrected chi connectivity index (χ0v) is 35.4. The van der Waals surface area contributed by atoms with Crippen LogP contribution in [0, 0.1) is 5.92 Å². The van der Waals surface area contributed by atoms with Crippen LogP contribution in [-0.2, 0) is 23.9 Å². The molecule has 2 amide bonds. The van der Waals surface area contributed by atoms with Gasteiger partial charge in [0.25, 0.3) is 0 Å². The van der Waals surface area contributed by atoms with Gasteiger partial charge in [-0.1, -0.05) is 68.3 Å². The molecule has 0 heterocycles. The molecule has 0 fully saturated rings. The van der Waals surface area contributed by atoms with E-state index in [1.54, 1.807) is 59.1 Å². The van der Waals surface area contributed by atoms with Gasteiger partial charge in [0.05, 0.1) is 27.0 Å². The third kappa shape index (κ3) is 11.6. The molecule has 5 rings (SSSR count). The first-order valence-electron chi connectivity index (χ1n) is 20.4. The minimum absolute atomic E-state index is 0.0201. The number of carbonyl (C=O) groups is 4. The number of rotatable bonds is 20. The fourth-order valence-electron chi connectivity index (χ4n) is 7.49. The molecule has 0 aliphatic heterocycles. The monoisotopic (exact) mass is 806 g/mol. The number of hydrogen-bond acceptors (Lipinski definition) is 9. The normalized spacial score (nSPS) is 13.0. The average Bonchev–Trinajstić information content (AvgIpc) is 3.55. The van der Waals surface area contributed by atoms with Gasteiger partial charge in [-0.3, -0.25) is 14.5 Å². The summed E-state index contributed by atoms with van der Waals surface area (Å²) in [5, 5.41) is 2.68. The van der Waals surface area contributed by atoms with Gasteiger partial charge in [0, 0.05) is 36.4 Å². The molecule has 0 bridgehead atoms. The summed E-state index contributed by atoms with van der Waals surface area (Å²) in [5.74, 6) is 0.679. The van der Waals surface area contributed by atoms with E-state index in [2.05, 4.69) is 17.4 Å². The molecule has 0 radical (unpaired) electrons.